The van der Waals surface area contributed by atoms with Crippen LogP contribution in [0.25, 0.3) is 0 Å². The molecule has 0 aliphatic carbocycles. The highest BCUT2D eigenvalue weighted by Gasteiger charge is 2.22. The number of aliphatic hydroxyl groups excluding tert-OH is 4. The van der Waals surface area contributed by atoms with Gasteiger partial charge >= 0.3 is 0 Å². The molecule has 0 radical (unpaired) electrons. The molecule has 11 heavy (non-hydrogen) atoms. The van der Waals surface area contributed by atoms with Gasteiger partial charge in [-0.3, -0.25) is 0 Å². The molecule has 0 amide bonds. The molecule has 0 aliphatic heterocycles. The van der Waals surface area contributed by atoms with Gasteiger partial charge in [0.15, 0.2) is 0 Å². The molecule has 0 aliphatic rings. The molecule has 0 aromatic carbocycles. The van der Waals surface area contributed by atoms with E-state index in [0.717, 1.165) is 6.21 Å². The van der Waals surface area contributed by atoms with Gasteiger partial charge in [-0.2, -0.15) is 5.10 Å². The molecule has 0 fully saturated rings. The fourth-order valence-corrected chi connectivity index (χ4v) is 0.512. The Morgan fingerprint density at radius 2 is 1.91 bits per heavy atom. The number of hydrogen-bond donors (Lipinski definition) is 5. The second-order valence-electron chi connectivity index (χ2n) is 2.03. The Morgan fingerprint density at radius 3 is 2.27 bits per heavy atom. The zero-order chi connectivity index (χ0) is 8.85. The van der Waals surface area contributed by atoms with Crippen molar-refractivity contribution in [2.45, 2.75) is 18.3 Å². The fraction of sp³-hybridized carbons (Fsp3) is 0.800. The van der Waals surface area contributed by atoms with Crippen molar-refractivity contribution in [3.8, 4) is 0 Å². The van der Waals surface area contributed by atoms with Crippen molar-refractivity contribution >= 4 is 6.21 Å². The first-order valence-corrected chi connectivity index (χ1v) is 3.02. The molecule has 0 unspecified atom stereocenters. The molecule has 6 N–H and O–H groups in total. The summed E-state index contributed by atoms with van der Waals surface area (Å²) in [6, 6.07) is 0. The molecule has 0 heterocycles. The monoisotopic (exact) mass is 164 g/mol. The Balaban J connectivity index is 3.90. The van der Waals surface area contributed by atoms with Crippen molar-refractivity contribution in [2.75, 3.05) is 6.61 Å². The van der Waals surface area contributed by atoms with E-state index >= 15 is 0 Å². The van der Waals surface area contributed by atoms with Crippen LogP contribution >= 0.6 is 0 Å². The van der Waals surface area contributed by atoms with E-state index in [1.165, 1.54) is 0 Å². The van der Waals surface area contributed by atoms with Gasteiger partial charge in [0.2, 0.25) is 0 Å². The van der Waals surface area contributed by atoms with Crippen LogP contribution < -0.4 is 5.84 Å². The quantitative estimate of drug-likeness (QED) is 0.172. The Hall–Kier alpha value is -0.690. The van der Waals surface area contributed by atoms with E-state index in [2.05, 4.69) is 10.9 Å². The number of hydrazone groups is 1. The van der Waals surface area contributed by atoms with Gasteiger partial charge in [-0.15, -0.1) is 0 Å². The van der Waals surface area contributed by atoms with Crippen LogP contribution in [-0.2, 0) is 0 Å². The third-order valence-electron chi connectivity index (χ3n) is 1.17. The van der Waals surface area contributed by atoms with Gasteiger partial charge in [0.05, 0.1) is 12.8 Å². The summed E-state index contributed by atoms with van der Waals surface area (Å²) in [5.74, 6) is 4.66. The average Bonchev–Trinajstić information content (AvgIpc) is 2.02. The zero-order valence-corrected chi connectivity index (χ0v) is 5.83. The minimum Gasteiger partial charge on any atom is -0.394 e. The highest BCUT2D eigenvalue weighted by atomic mass is 16.4. The van der Waals surface area contributed by atoms with Crippen LogP contribution in [0.15, 0.2) is 5.10 Å². The molecule has 0 saturated carbocycles. The van der Waals surface area contributed by atoms with Crippen molar-refractivity contribution in [2.24, 2.45) is 10.9 Å². The predicted molar refractivity (Wildman–Crippen MR) is 37.8 cm³/mol. The van der Waals surface area contributed by atoms with Crippen LogP contribution in [0.2, 0.25) is 0 Å². The maximum atomic E-state index is 8.91. The summed E-state index contributed by atoms with van der Waals surface area (Å²) in [6.45, 7) is -0.628. The van der Waals surface area contributed by atoms with Crippen LogP contribution in [-0.4, -0.2) is 51.6 Å². The molecule has 0 aromatic rings. The second kappa shape index (κ2) is 5.03. The number of nitrogens with two attached hydrogens (primary N) is 1. The molecular formula is C5H12N2O4. The van der Waals surface area contributed by atoms with E-state index < -0.39 is 24.9 Å². The van der Waals surface area contributed by atoms with Gasteiger partial charge in [0.1, 0.15) is 18.3 Å². The number of rotatable bonds is 4. The van der Waals surface area contributed by atoms with Crippen LogP contribution in [0.1, 0.15) is 0 Å². The third-order valence-corrected chi connectivity index (χ3v) is 1.17. The lowest BCUT2D eigenvalue weighted by Gasteiger charge is -2.17. The van der Waals surface area contributed by atoms with E-state index in [1.54, 1.807) is 0 Å². The van der Waals surface area contributed by atoms with Crippen molar-refractivity contribution in [1.29, 1.82) is 0 Å². The molecule has 0 aromatic heterocycles. The second-order valence-corrected chi connectivity index (χ2v) is 2.03. The topological polar surface area (TPSA) is 119 Å². The average molecular weight is 164 g/mol. The Bertz CT molecular complexity index is 130. The minimum atomic E-state index is -1.47. The van der Waals surface area contributed by atoms with Gasteiger partial charge in [0, 0.05) is 0 Å². The Morgan fingerprint density at radius 1 is 1.36 bits per heavy atom. The maximum absolute atomic E-state index is 8.91. The fourth-order valence-electron chi connectivity index (χ4n) is 0.512. The molecule has 6 nitrogen and oxygen atoms in total. The van der Waals surface area contributed by atoms with Crippen LogP contribution in [0, 0.1) is 0 Å². The summed E-state index contributed by atoms with van der Waals surface area (Å²) in [4.78, 5) is 0. The van der Waals surface area contributed by atoms with E-state index in [4.69, 9.17) is 20.4 Å². The number of aliphatic hydroxyl groups is 4. The van der Waals surface area contributed by atoms with Crippen LogP contribution in [0.3, 0.4) is 0 Å². The first-order chi connectivity index (χ1) is 5.13. The molecular weight excluding hydrogens is 152 g/mol. The summed E-state index contributed by atoms with van der Waals surface area (Å²) in [5, 5.41) is 37.8. The summed E-state index contributed by atoms with van der Waals surface area (Å²) in [7, 11) is 0. The van der Waals surface area contributed by atoms with Gasteiger partial charge < -0.3 is 26.3 Å². The Labute approximate surface area is 63.6 Å². The summed E-state index contributed by atoms with van der Waals surface area (Å²) >= 11 is 0. The molecule has 0 saturated heterocycles. The van der Waals surface area contributed by atoms with E-state index in [1.807, 2.05) is 0 Å². The van der Waals surface area contributed by atoms with Crippen molar-refractivity contribution < 1.29 is 20.4 Å². The lowest BCUT2D eigenvalue weighted by atomic mass is 10.1. The van der Waals surface area contributed by atoms with Gasteiger partial charge in [-0.05, 0) is 0 Å². The summed E-state index contributed by atoms with van der Waals surface area (Å²) in [5.41, 5.74) is 0. The normalized spacial score (nSPS) is 20.0. The lowest BCUT2D eigenvalue weighted by molar-refractivity contribution is -0.0541. The molecule has 0 spiro atoms. The smallest absolute Gasteiger partial charge is 0.119 e. The highest BCUT2D eigenvalue weighted by Crippen LogP contribution is 1.96. The minimum absolute atomic E-state index is 0.628. The number of hydrogen-bond acceptors (Lipinski definition) is 6. The SMILES string of the molecule is NN=C[C@H](O)[C@H](O)[C@H](O)CO. The van der Waals surface area contributed by atoms with Crippen LogP contribution in [0.4, 0.5) is 0 Å². The standard InChI is InChI=1S/C5H12N2O4/c6-7-1-3(9)5(11)4(10)2-8/h1,3-5,8-11H,2,6H2/t3-,4+,5-/m0/s1. The van der Waals surface area contributed by atoms with Crippen LogP contribution in [0.5, 0.6) is 0 Å². The highest BCUT2D eigenvalue weighted by molar-refractivity contribution is 5.63. The lowest BCUT2D eigenvalue weighted by Crippen LogP contribution is -2.40. The van der Waals surface area contributed by atoms with Crippen molar-refractivity contribution in [3.05, 3.63) is 0 Å². The summed E-state index contributed by atoms with van der Waals surface area (Å²) in [6.07, 6.45) is -3.35. The maximum Gasteiger partial charge on any atom is 0.119 e. The Kier molecular flexibility index (Phi) is 4.71. The zero-order valence-electron chi connectivity index (χ0n) is 5.83. The molecule has 3 atom stereocenters. The summed E-state index contributed by atoms with van der Waals surface area (Å²) < 4.78 is 0. The molecule has 6 heteroatoms. The van der Waals surface area contributed by atoms with E-state index in [-0.39, 0.29) is 0 Å². The predicted octanol–water partition coefficient (Wildman–Crippen LogP) is -2.99. The van der Waals surface area contributed by atoms with E-state index in [0.29, 0.717) is 0 Å². The molecule has 0 rings (SSSR count). The first-order valence-electron chi connectivity index (χ1n) is 3.02. The van der Waals surface area contributed by atoms with Gasteiger partial charge in [-0.25, -0.2) is 0 Å². The van der Waals surface area contributed by atoms with Crippen molar-refractivity contribution in [1.82, 2.24) is 0 Å². The van der Waals surface area contributed by atoms with Gasteiger partial charge in [0.25, 0.3) is 0 Å². The molecule has 66 valence electrons. The largest absolute Gasteiger partial charge is 0.394 e. The third kappa shape index (κ3) is 3.28. The molecule has 0 bridgehead atoms. The van der Waals surface area contributed by atoms with Crippen molar-refractivity contribution in [3.63, 3.8) is 0 Å². The van der Waals surface area contributed by atoms with Gasteiger partial charge in [-0.1, -0.05) is 0 Å². The first kappa shape index (κ1) is 10.3. The van der Waals surface area contributed by atoms with E-state index in [9.17, 15) is 0 Å². The number of nitrogens with zero attached hydrogens (tertiary/aromatic N) is 1.